The Labute approximate surface area is 91.8 Å². The van der Waals surface area contributed by atoms with Crippen LogP contribution >= 0.6 is 15.9 Å². The van der Waals surface area contributed by atoms with Gasteiger partial charge in [-0.05, 0) is 28.8 Å². The summed E-state index contributed by atoms with van der Waals surface area (Å²) in [5, 5.41) is 0. The van der Waals surface area contributed by atoms with Gasteiger partial charge in [0.15, 0.2) is 11.5 Å². The maximum atomic E-state index is 11.1. The van der Waals surface area contributed by atoms with Crippen molar-refractivity contribution in [2.24, 2.45) is 0 Å². The molecule has 1 aromatic heterocycles. The van der Waals surface area contributed by atoms with Crippen LogP contribution in [0, 0.1) is 0 Å². The standard InChI is InChI=1S/C11H13BrO2/c1-7(13)10-6-9(12)11(14-10)8-4-2-3-5-8/h6,8H,2-5H2,1H3. The third-order valence-corrected chi connectivity index (χ3v) is 3.41. The summed E-state index contributed by atoms with van der Waals surface area (Å²) in [7, 11) is 0. The minimum Gasteiger partial charge on any atom is -0.456 e. The molecule has 1 aliphatic rings. The molecular weight excluding hydrogens is 244 g/mol. The lowest BCUT2D eigenvalue weighted by Crippen LogP contribution is -1.91. The summed E-state index contributed by atoms with van der Waals surface area (Å²) in [4.78, 5) is 11.1. The van der Waals surface area contributed by atoms with Crippen molar-refractivity contribution in [1.82, 2.24) is 0 Å². The molecule has 0 spiro atoms. The second-order valence-corrected chi connectivity index (χ2v) is 4.71. The van der Waals surface area contributed by atoms with Crippen molar-refractivity contribution < 1.29 is 9.21 Å². The third kappa shape index (κ3) is 1.78. The number of halogens is 1. The van der Waals surface area contributed by atoms with Crippen LogP contribution in [0.25, 0.3) is 0 Å². The molecule has 0 aromatic carbocycles. The van der Waals surface area contributed by atoms with E-state index in [0.717, 1.165) is 10.2 Å². The summed E-state index contributed by atoms with van der Waals surface area (Å²) in [6.45, 7) is 1.53. The quantitative estimate of drug-likeness (QED) is 0.752. The predicted octanol–water partition coefficient (Wildman–Crippen LogP) is 3.90. The van der Waals surface area contributed by atoms with Crippen molar-refractivity contribution >= 4 is 21.7 Å². The highest BCUT2D eigenvalue weighted by molar-refractivity contribution is 9.10. The minimum absolute atomic E-state index is 0.00468. The summed E-state index contributed by atoms with van der Waals surface area (Å²) >= 11 is 3.45. The van der Waals surface area contributed by atoms with Gasteiger partial charge in [0, 0.05) is 18.9 Å². The lowest BCUT2D eigenvalue weighted by atomic mass is 10.1. The Bertz CT molecular complexity index is 348. The molecule has 76 valence electrons. The first-order chi connectivity index (χ1) is 6.68. The zero-order chi connectivity index (χ0) is 10.1. The molecule has 0 aliphatic heterocycles. The Balaban J connectivity index is 2.28. The van der Waals surface area contributed by atoms with Crippen LogP contribution < -0.4 is 0 Å². The molecule has 0 amide bonds. The minimum atomic E-state index is -0.00468. The van der Waals surface area contributed by atoms with Gasteiger partial charge in [-0.1, -0.05) is 12.8 Å². The summed E-state index contributed by atoms with van der Waals surface area (Å²) in [6, 6.07) is 1.79. The zero-order valence-corrected chi connectivity index (χ0v) is 9.76. The summed E-state index contributed by atoms with van der Waals surface area (Å²) in [5.74, 6) is 1.94. The topological polar surface area (TPSA) is 30.2 Å². The van der Waals surface area contributed by atoms with Gasteiger partial charge in [0.05, 0.1) is 4.47 Å². The van der Waals surface area contributed by atoms with Crippen molar-refractivity contribution in [3.63, 3.8) is 0 Å². The van der Waals surface area contributed by atoms with Gasteiger partial charge in [-0.3, -0.25) is 4.79 Å². The van der Waals surface area contributed by atoms with Crippen molar-refractivity contribution in [2.75, 3.05) is 0 Å². The van der Waals surface area contributed by atoms with E-state index < -0.39 is 0 Å². The van der Waals surface area contributed by atoms with Crippen molar-refractivity contribution in [1.29, 1.82) is 0 Å². The molecule has 1 aromatic rings. The second kappa shape index (κ2) is 3.89. The monoisotopic (exact) mass is 256 g/mol. The molecule has 1 fully saturated rings. The molecule has 2 nitrogen and oxygen atoms in total. The number of carbonyl (C=O) groups is 1. The van der Waals surface area contributed by atoms with Gasteiger partial charge < -0.3 is 4.42 Å². The number of carbonyl (C=O) groups excluding carboxylic acids is 1. The van der Waals surface area contributed by atoms with Gasteiger partial charge in [-0.15, -0.1) is 0 Å². The third-order valence-electron chi connectivity index (χ3n) is 2.79. The van der Waals surface area contributed by atoms with E-state index in [1.165, 1.54) is 32.6 Å². The predicted molar refractivity (Wildman–Crippen MR) is 57.6 cm³/mol. The normalized spacial score (nSPS) is 17.6. The van der Waals surface area contributed by atoms with Crippen LogP contribution in [0.15, 0.2) is 15.0 Å². The van der Waals surface area contributed by atoms with Crippen molar-refractivity contribution in [3.8, 4) is 0 Å². The van der Waals surface area contributed by atoms with Gasteiger partial charge >= 0.3 is 0 Å². The largest absolute Gasteiger partial charge is 0.456 e. The van der Waals surface area contributed by atoms with E-state index in [1.54, 1.807) is 6.07 Å². The summed E-state index contributed by atoms with van der Waals surface area (Å²) in [6.07, 6.45) is 4.91. The van der Waals surface area contributed by atoms with Crippen LogP contribution in [-0.4, -0.2) is 5.78 Å². The van der Waals surface area contributed by atoms with E-state index in [1.807, 2.05) is 0 Å². The molecule has 2 rings (SSSR count). The Morgan fingerprint density at radius 1 is 1.50 bits per heavy atom. The number of hydrogen-bond acceptors (Lipinski definition) is 2. The van der Waals surface area contributed by atoms with Crippen LogP contribution in [0.1, 0.15) is 54.8 Å². The SMILES string of the molecule is CC(=O)c1cc(Br)c(C2CCCC2)o1. The average Bonchev–Trinajstić information content (AvgIpc) is 2.71. The lowest BCUT2D eigenvalue weighted by molar-refractivity contribution is 0.0985. The first-order valence-electron chi connectivity index (χ1n) is 4.98. The number of rotatable bonds is 2. The van der Waals surface area contributed by atoms with Gasteiger partial charge in [0.1, 0.15) is 5.76 Å². The Morgan fingerprint density at radius 2 is 2.14 bits per heavy atom. The molecule has 0 unspecified atom stereocenters. The fourth-order valence-corrected chi connectivity index (χ4v) is 2.64. The average molecular weight is 257 g/mol. The van der Waals surface area contributed by atoms with Gasteiger partial charge in [-0.25, -0.2) is 0 Å². The fraction of sp³-hybridized carbons (Fsp3) is 0.545. The Hall–Kier alpha value is -0.570. The molecule has 3 heteroatoms. The highest BCUT2D eigenvalue weighted by atomic mass is 79.9. The lowest BCUT2D eigenvalue weighted by Gasteiger charge is -2.04. The zero-order valence-electron chi connectivity index (χ0n) is 8.18. The van der Waals surface area contributed by atoms with E-state index in [9.17, 15) is 4.79 Å². The molecule has 0 bridgehead atoms. The molecule has 0 N–H and O–H groups in total. The van der Waals surface area contributed by atoms with Crippen LogP contribution in [0.2, 0.25) is 0 Å². The molecular formula is C11H13BrO2. The highest BCUT2D eigenvalue weighted by Gasteiger charge is 2.24. The molecule has 0 radical (unpaired) electrons. The van der Waals surface area contributed by atoms with Crippen molar-refractivity contribution in [3.05, 3.63) is 22.1 Å². The summed E-state index contributed by atoms with van der Waals surface area (Å²) < 4.78 is 6.52. The van der Waals surface area contributed by atoms with Gasteiger partial charge in [0.2, 0.25) is 0 Å². The smallest absolute Gasteiger partial charge is 0.194 e. The number of ketones is 1. The molecule has 0 saturated heterocycles. The first-order valence-corrected chi connectivity index (χ1v) is 5.78. The maximum Gasteiger partial charge on any atom is 0.194 e. The van der Waals surface area contributed by atoms with E-state index in [0.29, 0.717) is 11.7 Å². The summed E-state index contributed by atoms with van der Waals surface area (Å²) in [5.41, 5.74) is 0. The van der Waals surface area contributed by atoms with Crippen LogP contribution in [0.3, 0.4) is 0 Å². The van der Waals surface area contributed by atoms with Crippen LogP contribution in [0.5, 0.6) is 0 Å². The van der Waals surface area contributed by atoms with E-state index in [2.05, 4.69) is 15.9 Å². The van der Waals surface area contributed by atoms with E-state index in [-0.39, 0.29) is 5.78 Å². The van der Waals surface area contributed by atoms with Crippen LogP contribution in [0.4, 0.5) is 0 Å². The Morgan fingerprint density at radius 3 is 2.64 bits per heavy atom. The first kappa shape index (κ1) is 9.97. The van der Waals surface area contributed by atoms with Crippen LogP contribution in [-0.2, 0) is 0 Å². The Kier molecular flexibility index (Phi) is 2.77. The maximum absolute atomic E-state index is 11.1. The highest BCUT2D eigenvalue weighted by Crippen LogP contribution is 2.39. The molecule has 0 atom stereocenters. The number of furan rings is 1. The van der Waals surface area contributed by atoms with Crippen molar-refractivity contribution in [2.45, 2.75) is 38.5 Å². The number of Topliss-reactive ketones (excluding diaryl/α,β-unsaturated/α-hetero) is 1. The molecule has 1 saturated carbocycles. The number of hydrogen-bond donors (Lipinski definition) is 0. The fourth-order valence-electron chi connectivity index (χ4n) is 2.02. The second-order valence-electron chi connectivity index (χ2n) is 3.86. The van der Waals surface area contributed by atoms with E-state index >= 15 is 0 Å². The molecule has 1 heterocycles. The molecule has 1 aliphatic carbocycles. The van der Waals surface area contributed by atoms with E-state index in [4.69, 9.17) is 4.42 Å². The van der Waals surface area contributed by atoms with Gasteiger partial charge in [0.25, 0.3) is 0 Å². The molecule has 14 heavy (non-hydrogen) atoms. The van der Waals surface area contributed by atoms with Gasteiger partial charge in [-0.2, -0.15) is 0 Å².